The maximum absolute atomic E-state index is 6.75. The summed E-state index contributed by atoms with van der Waals surface area (Å²) in [6, 6.07) is 63.2. The van der Waals surface area contributed by atoms with Crippen LogP contribution >= 0.6 is 11.3 Å². The minimum atomic E-state index is 0.897. The molecule has 0 fully saturated rings. The van der Waals surface area contributed by atoms with Crippen molar-refractivity contribution in [3.05, 3.63) is 176 Å². The van der Waals surface area contributed by atoms with Crippen LogP contribution in [0.3, 0.4) is 0 Å². The lowest BCUT2D eigenvalue weighted by Gasteiger charge is -2.27. The molecule has 0 unspecified atom stereocenters. The number of anilines is 3. The summed E-state index contributed by atoms with van der Waals surface area (Å²) >= 11 is 1.86. The van der Waals surface area contributed by atoms with Crippen molar-refractivity contribution in [1.29, 1.82) is 0 Å². The van der Waals surface area contributed by atoms with Crippen LogP contribution < -0.4 is 4.90 Å². The SMILES string of the molecule is c1ccc(-c2ccc(N(c3cc(-c4ccccc4)c4oc5cc6ccccc6cc5c4c3)c3cccc4c3sc3ccccc34)cc2)cc1. The first-order valence-corrected chi connectivity index (χ1v) is 17.4. The van der Waals surface area contributed by atoms with E-state index in [1.807, 2.05) is 11.3 Å². The van der Waals surface area contributed by atoms with Crippen molar-refractivity contribution in [3.63, 3.8) is 0 Å². The molecule has 0 aliphatic heterocycles. The van der Waals surface area contributed by atoms with Gasteiger partial charge in [-0.25, -0.2) is 0 Å². The number of furan rings is 1. The molecule has 0 atom stereocenters. The van der Waals surface area contributed by atoms with Crippen molar-refractivity contribution in [1.82, 2.24) is 0 Å². The summed E-state index contributed by atoms with van der Waals surface area (Å²) in [7, 11) is 0. The van der Waals surface area contributed by atoms with Gasteiger partial charge in [0, 0.05) is 43.2 Å². The molecule has 0 N–H and O–H groups in total. The van der Waals surface area contributed by atoms with E-state index < -0.39 is 0 Å². The lowest BCUT2D eigenvalue weighted by Crippen LogP contribution is -2.10. The van der Waals surface area contributed by atoms with Crippen LogP contribution in [0, 0.1) is 0 Å². The second-order valence-corrected chi connectivity index (χ2v) is 13.6. The maximum atomic E-state index is 6.75. The van der Waals surface area contributed by atoms with Gasteiger partial charge in [0.2, 0.25) is 0 Å². The summed E-state index contributed by atoms with van der Waals surface area (Å²) in [6.45, 7) is 0. The van der Waals surface area contributed by atoms with Gasteiger partial charge >= 0.3 is 0 Å². The summed E-state index contributed by atoms with van der Waals surface area (Å²) < 4.78 is 9.30. The highest BCUT2D eigenvalue weighted by atomic mass is 32.1. The van der Waals surface area contributed by atoms with Gasteiger partial charge in [-0.1, -0.05) is 127 Å². The topological polar surface area (TPSA) is 16.4 Å². The van der Waals surface area contributed by atoms with E-state index >= 15 is 0 Å². The van der Waals surface area contributed by atoms with Crippen molar-refractivity contribution < 1.29 is 4.42 Å². The number of hydrogen-bond donors (Lipinski definition) is 0. The van der Waals surface area contributed by atoms with Gasteiger partial charge in [-0.05, 0) is 76.0 Å². The molecule has 230 valence electrons. The molecule has 0 spiro atoms. The van der Waals surface area contributed by atoms with Crippen molar-refractivity contribution in [2.75, 3.05) is 4.90 Å². The normalized spacial score (nSPS) is 11.7. The lowest BCUT2D eigenvalue weighted by atomic mass is 9.99. The van der Waals surface area contributed by atoms with Crippen LogP contribution in [0.4, 0.5) is 17.1 Å². The largest absolute Gasteiger partial charge is 0.455 e. The number of benzene rings is 8. The first kappa shape index (κ1) is 27.9. The van der Waals surface area contributed by atoms with Gasteiger partial charge < -0.3 is 9.32 Å². The standard InChI is InChI=1S/C46H29NOS/c1-3-12-30(13-4-1)31-22-24-35(25-23-31)47(42-20-11-19-38-37-18-9-10-21-44(37)49-46(38)42)36-28-39(32-14-5-2-6-15-32)45-41(29-36)40-26-33-16-7-8-17-34(33)27-43(40)48-45/h1-29H. The van der Waals surface area contributed by atoms with Gasteiger partial charge in [0.1, 0.15) is 11.2 Å². The predicted molar refractivity (Wildman–Crippen MR) is 210 cm³/mol. The Balaban J connectivity index is 1.28. The van der Waals surface area contributed by atoms with E-state index in [-0.39, 0.29) is 0 Å². The Kier molecular flexibility index (Phi) is 6.39. The summed E-state index contributed by atoms with van der Waals surface area (Å²) in [5, 5.41) is 7.16. The molecule has 2 aromatic heterocycles. The molecule has 0 aliphatic rings. The molecule has 3 heteroatoms. The highest BCUT2D eigenvalue weighted by molar-refractivity contribution is 7.26. The van der Waals surface area contributed by atoms with Gasteiger partial charge in [-0.3, -0.25) is 0 Å². The quantitative estimate of drug-likeness (QED) is 0.186. The van der Waals surface area contributed by atoms with E-state index in [0.29, 0.717) is 0 Å². The Morgan fingerprint density at radius 3 is 1.88 bits per heavy atom. The Morgan fingerprint density at radius 2 is 1.08 bits per heavy atom. The third kappa shape index (κ3) is 4.62. The van der Waals surface area contributed by atoms with E-state index in [9.17, 15) is 0 Å². The monoisotopic (exact) mass is 643 g/mol. The molecule has 0 saturated heterocycles. The highest BCUT2D eigenvalue weighted by Crippen LogP contribution is 2.48. The van der Waals surface area contributed by atoms with Crippen molar-refractivity contribution in [2.45, 2.75) is 0 Å². The maximum Gasteiger partial charge on any atom is 0.143 e. The Hall–Kier alpha value is -6.16. The second kappa shape index (κ2) is 11.2. The van der Waals surface area contributed by atoms with Gasteiger partial charge in [-0.2, -0.15) is 0 Å². The number of hydrogen-bond acceptors (Lipinski definition) is 3. The summed E-state index contributed by atoms with van der Waals surface area (Å²) in [5.74, 6) is 0. The van der Waals surface area contributed by atoms with Gasteiger partial charge in [0.25, 0.3) is 0 Å². The molecule has 0 radical (unpaired) electrons. The van der Waals surface area contributed by atoms with Gasteiger partial charge in [0.15, 0.2) is 0 Å². The van der Waals surface area contributed by atoms with Gasteiger partial charge in [0.05, 0.1) is 10.4 Å². The predicted octanol–water partition coefficient (Wildman–Crippen LogP) is 13.9. The van der Waals surface area contributed by atoms with Crippen LogP contribution in [-0.2, 0) is 0 Å². The summed E-state index contributed by atoms with van der Waals surface area (Å²) in [6.07, 6.45) is 0. The van der Waals surface area contributed by atoms with E-state index in [4.69, 9.17) is 4.42 Å². The molecule has 2 nitrogen and oxygen atoms in total. The Morgan fingerprint density at radius 1 is 0.429 bits per heavy atom. The lowest BCUT2D eigenvalue weighted by molar-refractivity contribution is 0.670. The smallest absolute Gasteiger partial charge is 0.143 e. The van der Waals surface area contributed by atoms with Crippen LogP contribution in [0.25, 0.3) is 75.1 Å². The average molecular weight is 644 g/mol. The Labute approximate surface area is 287 Å². The van der Waals surface area contributed by atoms with Crippen LogP contribution in [0.15, 0.2) is 180 Å². The van der Waals surface area contributed by atoms with Crippen molar-refractivity contribution >= 4 is 81.3 Å². The molecule has 0 bridgehead atoms. The number of rotatable bonds is 5. The van der Waals surface area contributed by atoms with Gasteiger partial charge in [-0.15, -0.1) is 11.3 Å². The fraction of sp³-hybridized carbons (Fsp3) is 0. The molecule has 2 heterocycles. The molecule has 0 saturated carbocycles. The second-order valence-electron chi connectivity index (χ2n) is 12.5. The van der Waals surface area contributed by atoms with E-state index in [0.717, 1.165) is 50.1 Å². The highest BCUT2D eigenvalue weighted by Gasteiger charge is 2.22. The summed E-state index contributed by atoms with van der Waals surface area (Å²) in [4.78, 5) is 2.43. The first-order chi connectivity index (χ1) is 24.3. The zero-order chi connectivity index (χ0) is 32.3. The number of thiophene rings is 1. The molecule has 0 amide bonds. The van der Waals surface area contributed by atoms with E-state index in [2.05, 4.69) is 181 Å². The first-order valence-electron chi connectivity index (χ1n) is 16.6. The molecule has 49 heavy (non-hydrogen) atoms. The van der Waals surface area contributed by atoms with E-state index in [1.54, 1.807) is 0 Å². The van der Waals surface area contributed by atoms with E-state index in [1.165, 1.54) is 42.1 Å². The summed E-state index contributed by atoms with van der Waals surface area (Å²) in [5.41, 5.74) is 9.73. The minimum absolute atomic E-state index is 0.897. The third-order valence-corrected chi connectivity index (χ3v) is 10.8. The van der Waals surface area contributed by atoms with Crippen LogP contribution in [0.2, 0.25) is 0 Å². The zero-order valence-corrected chi connectivity index (χ0v) is 27.3. The number of nitrogens with zero attached hydrogens (tertiary/aromatic N) is 1. The fourth-order valence-electron chi connectivity index (χ4n) is 7.28. The minimum Gasteiger partial charge on any atom is -0.455 e. The zero-order valence-electron chi connectivity index (χ0n) is 26.5. The van der Waals surface area contributed by atoms with Crippen LogP contribution in [-0.4, -0.2) is 0 Å². The van der Waals surface area contributed by atoms with Crippen LogP contribution in [0.5, 0.6) is 0 Å². The Bertz CT molecular complexity index is 2810. The average Bonchev–Trinajstić information content (AvgIpc) is 3.73. The molecular formula is C46H29NOS. The molecule has 10 aromatic rings. The van der Waals surface area contributed by atoms with Crippen molar-refractivity contribution in [3.8, 4) is 22.3 Å². The third-order valence-electron chi connectivity index (χ3n) is 9.62. The molecule has 8 aromatic carbocycles. The van der Waals surface area contributed by atoms with Crippen LogP contribution in [0.1, 0.15) is 0 Å². The number of fused-ring (bicyclic) bond motifs is 7. The molecule has 0 aliphatic carbocycles. The molecular weight excluding hydrogens is 615 g/mol. The van der Waals surface area contributed by atoms with Crippen molar-refractivity contribution in [2.24, 2.45) is 0 Å². The fourth-order valence-corrected chi connectivity index (χ4v) is 8.48. The molecule has 10 rings (SSSR count).